The Morgan fingerprint density at radius 1 is 1.06 bits per heavy atom. The van der Waals surface area contributed by atoms with Crippen LogP contribution >= 0.6 is 0 Å². The molecule has 0 aliphatic carbocycles. The summed E-state index contributed by atoms with van der Waals surface area (Å²) >= 11 is 0. The summed E-state index contributed by atoms with van der Waals surface area (Å²) in [6.45, 7) is 4.93. The summed E-state index contributed by atoms with van der Waals surface area (Å²) < 4.78 is 32.9. The molecule has 1 aliphatic rings. The Morgan fingerprint density at radius 3 is 2.39 bits per heavy atom. The van der Waals surface area contributed by atoms with Crippen LogP contribution in [0.2, 0.25) is 0 Å². The quantitative estimate of drug-likeness (QED) is 0.217. The molecule has 1 unspecified atom stereocenters. The highest BCUT2D eigenvalue weighted by Gasteiger charge is 2.39. The van der Waals surface area contributed by atoms with Crippen LogP contribution in [0.15, 0.2) is 51.7 Å². The fourth-order valence-corrected chi connectivity index (χ4v) is 3.96. The van der Waals surface area contributed by atoms with Gasteiger partial charge >= 0.3 is 17.6 Å². The molecule has 0 N–H and O–H groups in total. The second-order valence-corrected chi connectivity index (χ2v) is 8.77. The second kappa shape index (κ2) is 9.77. The number of hydrogen-bond donors (Lipinski definition) is 0. The van der Waals surface area contributed by atoms with E-state index in [4.69, 9.17) is 28.1 Å². The first kappa shape index (κ1) is 24.8. The number of rotatable bonds is 6. The zero-order valence-electron chi connectivity index (χ0n) is 20.6. The van der Waals surface area contributed by atoms with Crippen LogP contribution in [-0.2, 0) is 20.7 Å². The summed E-state index contributed by atoms with van der Waals surface area (Å²) in [6, 6.07) is 9.80. The van der Waals surface area contributed by atoms with Crippen molar-refractivity contribution in [3.63, 3.8) is 0 Å². The first-order valence-corrected chi connectivity index (χ1v) is 11.2. The molecule has 0 spiro atoms. The van der Waals surface area contributed by atoms with E-state index in [1.165, 1.54) is 33.3 Å². The summed E-state index contributed by atoms with van der Waals surface area (Å²) in [7, 11) is 2.87. The lowest BCUT2D eigenvalue weighted by molar-refractivity contribution is -0.155. The highest BCUT2D eigenvalue weighted by molar-refractivity contribution is 5.88. The highest BCUT2D eigenvalue weighted by atomic mass is 16.6. The van der Waals surface area contributed by atoms with E-state index in [0.29, 0.717) is 23.3 Å². The van der Waals surface area contributed by atoms with Gasteiger partial charge in [0, 0.05) is 36.9 Å². The van der Waals surface area contributed by atoms with Crippen molar-refractivity contribution in [1.29, 1.82) is 0 Å². The van der Waals surface area contributed by atoms with Gasteiger partial charge < -0.3 is 28.1 Å². The molecule has 1 aliphatic heterocycles. The van der Waals surface area contributed by atoms with Crippen molar-refractivity contribution in [2.45, 2.75) is 38.9 Å². The van der Waals surface area contributed by atoms with Crippen molar-refractivity contribution in [3.05, 3.63) is 64.0 Å². The Kier molecular flexibility index (Phi) is 6.74. The Labute approximate surface area is 207 Å². The largest absolute Gasteiger partial charge is 0.493 e. The fourth-order valence-electron chi connectivity index (χ4n) is 3.96. The van der Waals surface area contributed by atoms with Crippen LogP contribution in [0.5, 0.6) is 23.0 Å². The standard InChI is InChI=1S/C27H26O9/c1-15(28)33-26-21(31-4)10-16(11-22(26)32-5)6-8-25(30)35-23-13-18-12-17-7-9-24(29)34-19(17)14-20(18)36-27(23,2)3/h6-12,14,23H,13H2,1-5H3/b8-6+. The normalized spacial score (nSPS) is 16.2. The molecule has 0 radical (unpaired) electrons. The summed E-state index contributed by atoms with van der Waals surface area (Å²) in [4.78, 5) is 35.7. The molecule has 0 amide bonds. The molecule has 2 heterocycles. The average Bonchev–Trinajstić information content (AvgIpc) is 2.82. The molecule has 4 rings (SSSR count). The first-order valence-electron chi connectivity index (χ1n) is 11.2. The number of hydrogen-bond acceptors (Lipinski definition) is 9. The summed E-state index contributed by atoms with van der Waals surface area (Å²) in [5.74, 6) is 0.206. The van der Waals surface area contributed by atoms with E-state index in [9.17, 15) is 14.4 Å². The topological polar surface area (TPSA) is 111 Å². The van der Waals surface area contributed by atoms with Crippen LogP contribution in [0.1, 0.15) is 31.9 Å². The predicted octanol–water partition coefficient (Wildman–Crippen LogP) is 4.07. The molecule has 1 aromatic heterocycles. The zero-order valence-corrected chi connectivity index (χ0v) is 20.6. The number of ether oxygens (including phenoxy) is 5. The third-order valence-corrected chi connectivity index (χ3v) is 5.76. The zero-order chi connectivity index (χ0) is 26.0. The van der Waals surface area contributed by atoms with Crippen LogP contribution < -0.4 is 24.6 Å². The van der Waals surface area contributed by atoms with Gasteiger partial charge in [0.1, 0.15) is 23.0 Å². The van der Waals surface area contributed by atoms with Crippen molar-refractivity contribution < 1.29 is 37.7 Å². The van der Waals surface area contributed by atoms with Gasteiger partial charge in [0.25, 0.3) is 0 Å². The summed E-state index contributed by atoms with van der Waals surface area (Å²) in [5.41, 5.74) is 0.590. The van der Waals surface area contributed by atoms with Crippen molar-refractivity contribution in [1.82, 2.24) is 0 Å². The van der Waals surface area contributed by atoms with Gasteiger partial charge in [0.05, 0.1) is 14.2 Å². The van der Waals surface area contributed by atoms with E-state index in [-0.39, 0.29) is 17.2 Å². The number of carbonyl (C=O) groups is 2. The molecule has 2 aromatic carbocycles. The molecule has 9 nitrogen and oxygen atoms in total. The maximum atomic E-state index is 12.7. The van der Waals surface area contributed by atoms with Gasteiger partial charge in [-0.25, -0.2) is 9.59 Å². The Hall–Kier alpha value is -4.27. The van der Waals surface area contributed by atoms with E-state index in [1.54, 1.807) is 30.3 Å². The fraction of sp³-hybridized carbons (Fsp3) is 0.296. The molecule has 0 saturated heterocycles. The van der Waals surface area contributed by atoms with Gasteiger partial charge in [-0.2, -0.15) is 0 Å². The SMILES string of the molecule is COc1cc(/C=C/C(=O)OC2Cc3cc4ccc(=O)oc4cc3OC2(C)C)cc(OC)c1OC(C)=O. The first-order chi connectivity index (χ1) is 17.1. The lowest BCUT2D eigenvalue weighted by Crippen LogP contribution is -2.48. The highest BCUT2D eigenvalue weighted by Crippen LogP contribution is 2.39. The van der Waals surface area contributed by atoms with Gasteiger partial charge in [-0.15, -0.1) is 0 Å². The molecule has 188 valence electrons. The second-order valence-electron chi connectivity index (χ2n) is 8.77. The third kappa shape index (κ3) is 5.19. The minimum Gasteiger partial charge on any atom is -0.493 e. The number of esters is 2. The summed E-state index contributed by atoms with van der Waals surface area (Å²) in [5, 5.41) is 0.752. The van der Waals surface area contributed by atoms with E-state index in [1.807, 2.05) is 19.9 Å². The van der Waals surface area contributed by atoms with Crippen molar-refractivity contribution in [2.75, 3.05) is 14.2 Å². The lowest BCUT2D eigenvalue weighted by atomic mass is 9.90. The Balaban J connectivity index is 1.53. The van der Waals surface area contributed by atoms with Crippen LogP contribution in [-0.4, -0.2) is 37.9 Å². The number of benzene rings is 2. The van der Waals surface area contributed by atoms with Gasteiger partial charge in [-0.3, -0.25) is 4.79 Å². The van der Waals surface area contributed by atoms with Crippen LogP contribution in [0, 0.1) is 0 Å². The predicted molar refractivity (Wildman–Crippen MR) is 131 cm³/mol. The Bertz CT molecular complexity index is 1390. The van der Waals surface area contributed by atoms with E-state index in [2.05, 4.69) is 0 Å². The number of methoxy groups -OCH3 is 2. The lowest BCUT2D eigenvalue weighted by Gasteiger charge is -2.39. The van der Waals surface area contributed by atoms with Gasteiger partial charge in [0.2, 0.25) is 5.75 Å². The molecule has 9 heteroatoms. The maximum Gasteiger partial charge on any atom is 0.336 e. The molecular weight excluding hydrogens is 468 g/mol. The molecule has 0 saturated carbocycles. The number of fused-ring (bicyclic) bond motifs is 2. The van der Waals surface area contributed by atoms with E-state index < -0.39 is 29.3 Å². The molecule has 36 heavy (non-hydrogen) atoms. The molecule has 3 aromatic rings. The van der Waals surface area contributed by atoms with Gasteiger partial charge in [-0.05, 0) is 55.3 Å². The third-order valence-electron chi connectivity index (χ3n) is 5.76. The molecule has 1 atom stereocenters. The molecular formula is C27H26O9. The van der Waals surface area contributed by atoms with E-state index >= 15 is 0 Å². The van der Waals surface area contributed by atoms with Crippen molar-refractivity contribution >= 4 is 29.0 Å². The maximum absolute atomic E-state index is 12.7. The monoisotopic (exact) mass is 494 g/mol. The minimum absolute atomic E-state index is 0.152. The van der Waals surface area contributed by atoms with Crippen molar-refractivity contribution in [2.24, 2.45) is 0 Å². The van der Waals surface area contributed by atoms with Crippen LogP contribution in [0.3, 0.4) is 0 Å². The van der Waals surface area contributed by atoms with Crippen molar-refractivity contribution in [3.8, 4) is 23.0 Å². The molecule has 0 fully saturated rings. The average molecular weight is 494 g/mol. The van der Waals surface area contributed by atoms with Gasteiger partial charge in [-0.1, -0.05) is 0 Å². The smallest absolute Gasteiger partial charge is 0.336 e. The number of carbonyl (C=O) groups excluding carboxylic acids is 2. The van der Waals surface area contributed by atoms with E-state index in [0.717, 1.165) is 10.9 Å². The Morgan fingerprint density at radius 2 is 1.75 bits per heavy atom. The molecule has 0 bridgehead atoms. The van der Waals surface area contributed by atoms with Crippen LogP contribution in [0.4, 0.5) is 0 Å². The van der Waals surface area contributed by atoms with Crippen LogP contribution in [0.25, 0.3) is 17.0 Å². The van der Waals surface area contributed by atoms with Gasteiger partial charge in [0.15, 0.2) is 11.5 Å². The summed E-state index contributed by atoms with van der Waals surface area (Å²) in [6.07, 6.45) is 2.70. The minimum atomic E-state index is -0.822.